The van der Waals surface area contributed by atoms with Crippen molar-refractivity contribution in [1.29, 1.82) is 0 Å². The van der Waals surface area contributed by atoms with E-state index in [2.05, 4.69) is 10.1 Å². The van der Waals surface area contributed by atoms with Crippen molar-refractivity contribution < 1.29 is 23.9 Å². The van der Waals surface area contributed by atoms with E-state index in [0.717, 1.165) is 0 Å². The van der Waals surface area contributed by atoms with Crippen LogP contribution in [0, 0.1) is 0 Å². The van der Waals surface area contributed by atoms with Gasteiger partial charge in [-0.1, -0.05) is 12.1 Å². The number of benzene rings is 1. The maximum atomic E-state index is 11.8. The van der Waals surface area contributed by atoms with Gasteiger partial charge in [0.1, 0.15) is 12.0 Å². The molecular weight excluding hydrogens is 274 g/mol. The van der Waals surface area contributed by atoms with Gasteiger partial charge in [0, 0.05) is 11.3 Å². The molecule has 0 radical (unpaired) electrons. The lowest BCUT2D eigenvalue weighted by atomic mass is 10.1. The Morgan fingerprint density at radius 1 is 1.19 bits per heavy atom. The van der Waals surface area contributed by atoms with Crippen LogP contribution in [-0.2, 0) is 14.3 Å². The second-order valence-electron chi connectivity index (χ2n) is 5.38. The van der Waals surface area contributed by atoms with Crippen LogP contribution in [0.4, 0.5) is 10.5 Å². The Labute approximate surface area is 123 Å². The van der Waals surface area contributed by atoms with Crippen LogP contribution in [0.25, 0.3) is 0 Å². The second-order valence-corrected chi connectivity index (χ2v) is 5.38. The van der Waals surface area contributed by atoms with Gasteiger partial charge in [0.05, 0.1) is 7.11 Å². The smallest absolute Gasteiger partial charge is 0.412 e. The molecule has 1 amide bonds. The number of rotatable bonds is 4. The average molecular weight is 293 g/mol. The number of carbonyl (C=O) groups excluding carboxylic acids is 3. The van der Waals surface area contributed by atoms with Crippen LogP contribution in [0.3, 0.4) is 0 Å². The molecule has 1 aromatic rings. The Bertz CT molecular complexity index is 545. The Hall–Kier alpha value is -2.37. The predicted molar refractivity (Wildman–Crippen MR) is 77.3 cm³/mol. The second kappa shape index (κ2) is 6.88. The molecule has 1 rings (SSSR count). The number of anilines is 1. The van der Waals surface area contributed by atoms with Crippen LogP contribution in [0.15, 0.2) is 24.3 Å². The summed E-state index contributed by atoms with van der Waals surface area (Å²) in [4.78, 5) is 34.6. The molecule has 0 heterocycles. The first kappa shape index (κ1) is 16.7. The van der Waals surface area contributed by atoms with Crippen molar-refractivity contribution in [3.8, 4) is 0 Å². The van der Waals surface area contributed by atoms with Crippen molar-refractivity contribution >= 4 is 23.5 Å². The topological polar surface area (TPSA) is 81.7 Å². The molecule has 0 fully saturated rings. The molecule has 0 saturated carbocycles. The number of nitrogens with one attached hydrogen (secondary N) is 1. The molecule has 0 unspecified atom stereocenters. The lowest BCUT2D eigenvalue weighted by molar-refractivity contribution is -0.139. The van der Waals surface area contributed by atoms with E-state index in [0.29, 0.717) is 11.3 Å². The standard InChI is InChI=1S/C15H19NO5/c1-15(2,3)21-14(19)16-11-7-5-6-10(8-11)12(17)9-13(18)20-4/h5-8H,9H2,1-4H3,(H,16,19). The highest BCUT2D eigenvalue weighted by Crippen LogP contribution is 2.15. The van der Waals surface area contributed by atoms with Gasteiger partial charge < -0.3 is 9.47 Å². The Morgan fingerprint density at radius 3 is 2.43 bits per heavy atom. The van der Waals surface area contributed by atoms with Crippen molar-refractivity contribution in [3.63, 3.8) is 0 Å². The molecule has 1 aromatic carbocycles. The number of Topliss-reactive ketones (excluding diaryl/α,β-unsaturated/α-hetero) is 1. The maximum absolute atomic E-state index is 11.8. The minimum atomic E-state index is -0.611. The average Bonchev–Trinajstić information content (AvgIpc) is 2.36. The Balaban J connectivity index is 2.74. The quantitative estimate of drug-likeness (QED) is 0.524. The van der Waals surface area contributed by atoms with Crippen molar-refractivity contribution in [2.75, 3.05) is 12.4 Å². The molecule has 6 nitrogen and oxygen atoms in total. The molecule has 0 saturated heterocycles. The minimum absolute atomic E-state index is 0.314. The maximum Gasteiger partial charge on any atom is 0.412 e. The number of hydrogen-bond donors (Lipinski definition) is 1. The van der Waals surface area contributed by atoms with E-state index in [1.807, 2.05) is 0 Å². The zero-order chi connectivity index (χ0) is 16.0. The molecule has 0 spiro atoms. The first-order valence-electron chi connectivity index (χ1n) is 6.41. The fourth-order valence-electron chi connectivity index (χ4n) is 1.50. The minimum Gasteiger partial charge on any atom is -0.469 e. The first-order chi connectivity index (χ1) is 9.71. The number of ketones is 1. The molecule has 0 aromatic heterocycles. The van der Waals surface area contributed by atoms with Crippen LogP contribution >= 0.6 is 0 Å². The van der Waals surface area contributed by atoms with Crippen LogP contribution in [0.1, 0.15) is 37.6 Å². The summed E-state index contributed by atoms with van der Waals surface area (Å²) in [5, 5.41) is 2.53. The third-order valence-corrected chi connectivity index (χ3v) is 2.36. The number of esters is 1. The van der Waals surface area contributed by atoms with Crippen molar-refractivity contribution in [1.82, 2.24) is 0 Å². The lowest BCUT2D eigenvalue weighted by Crippen LogP contribution is -2.27. The SMILES string of the molecule is COC(=O)CC(=O)c1cccc(NC(=O)OC(C)(C)C)c1. The summed E-state index contributed by atoms with van der Waals surface area (Å²) in [6.07, 6.45) is -0.952. The summed E-state index contributed by atoms with van der Waals surface area (Å²) in [7, 11) is 1.22. The van der Waals surface area contributed by atoms with Crippen LogP contribution in [-0.4, -0.2) is 30.6 Å². The summed E-state index contributed by atoms with van der Waals surface area (Å²) in [6.45, 7) is 5.26. The molecule has 0 aliphatic heterocycles. The van der Waals surface area contributed by atoms with E-state index in [4.69, 9.17) is 4.74 Å². The summed E-state index contributed by atoms with van der Waals surface area (Å²) < 4.78 is 9.56. The third kappa shape index (κ3) is 6.07. The Kier molecular flexibility index (Phi) is 5.46. The molecule has 21 heavy (non-hydrogen) atoms. The normalized spacial score (nSPS) is 10.7. The van der Waals surface area contributed by atoms with Gasteiger partial charge in [0.2, 0.25) is 0 Å². The number of ether oxygens (including phenoxy) is 2. The summed E-state index contributed by atoms with van der Waals surface area (Å²) >= 11 is 0. The number of hydrogen-bond acceptors (Lipinski definition) is 5. The van der Waals surface area contributed by atoms with Gasteiger partial charge in [0.15, 0.2) is 5.78 Å². The number of methoxy groups -OCH3 is 1. The molecule has 0 aliphatic rings. The third-order valence-electron chi connectivity index (χ3n) is 2.36. The van der Waals surface area contributed by atoms with Gasteiger partial charge >= 0.3 is 12.1 Å². The van der Waals surface area contributed by atoms with Gasteiger partial charge in [0.25, 0.3) is 0 Å². The number of carbonyl (C=O) groups is 3. The van der Waals surface area contributed by atoms with Gasteiger partial charge in [-0.3, -0.25) is 14.9 Å². The molecule has 0 bridgehead atoms. The zero-order valence-corrected chi connectivity index (χ0v) is 12.6. The fourth-order valence-corrected chi connectivity index (χ4v) is 1.50. The molecule has 1 N–H and O–H groups in total. The number of amides is 1. The van der Waals surface area contributed by atoms with Crippen molar-refractivity contribution in [2.45, 2.75) is 32.8 Å². The monoisotopic (exact) mass is 293 g/mol. The largest absolute Gasteiger partial charge is 0.469 e. The predicted octanol–water partition coefficient (Wildman–Crippen LogP) is 2.78. The Morgan fingerprint density at radius 2 is 1.86 bits per heavy atom. The van der Waals surface area contributed by atoms with E-state index in [-0.39, 0.29) is 12.2 Å². The van der Waals surface area contributed by atoms with Crippen molar-refractivity contribution in [3.05, 3.63) is 29.8 Å². The van der Waals surface area contributed by atoms with Crippen LogP contribution < -0.4 is 5.32 Å². The lowest BCUT2D eigenvalue weighted by Gasteiger charge is -2.19. The summed E-state index contributed by atoms with van der Waals surface area (Å²) in [5.41, 5.74) is 0.122. The van der Waals surface area contributed by atoms with E-state index in [1.165, 1.54) is 13.2 Å². The first-order valence-corrected chi connectivity index (χ1v) is 6.41. The molecular formula is C15H19NO5. The van der Waals surface area contributed by atoms with Crippen LogP contribution in [0.2, 0.25) is 0 Å². The van der Waals surface area contributed by atoms with Crippen LogP contribution in [0.5, 0.6) is 0 Å². The van der Waals surface area contributed by atoms with E-state index in [1.54, 1.807) is 39.0 Å². The van der Waals surface area contributed by atoms with E-state index in [9.17, 15) is 14.4 Å². The molecule has 0 atom stereocenters. The van der Waals surface area contributed by atoms with E-state index < -0.39 is 17.7 Å². The molecule has 6 heteroatoms. The fraction of sp³-hybridized carbons (Fsp3) is 0.400. The van der Waals surface area contributed by atoms with Gasteiger partial charge in [-0.25, -0.2) is 4.79 Å². The summed E-state index contributed by atoms with van der Waals surface area (Å²) in [6, 6.07) is 6.27. The highest BCUT2D eigenvalue weighted by atomic mass is 16.6. The molecule has 114 valence electrons. The highest BCUT2D eigenvalue weighted by molar-refractivity contribution is 6.06. The van der Waals surface area contributed by atoms with E-state index >= 15 is 0 Å². The summed E-state index contributed by atoms with van der Waals surface area (Å²) in [5.74, 6) is -0.986. The van der Waals surface area contributed by atoms with Crippen molar-refractivity contribution in [2.24, 2.45) is 0 Å². The molecule has 0 aliphatic carbocycles. The zero-order valence-electron chi connectivity index (χ0n) is 12.6. The van der Waals surface area contributed by atoms with Gasteiger partial charge in [-0.2, -0.15) is 0 Å². The van der Waals surface area contributed by atoms with Gasteiger partial charge in [-0.15, -0.1) is 0 Å². The van der Waals surface area contributed by atoms with Gasteiger partial charge in [-0.05, 0) is 32.9 Å². The highest BCUT2D eigenvalue weighted by Gasteiger charge is 2.17.